The molecular weight excluding hydrogens is 866 g/mol. The quantitative estimate of drug-likeness (QED) is 0.0190. The second-order valence-electron chi connectivity index (χ2n) is 13.8. The third-order valence-electron chi connectivity index (χ3n) is 8.53. The Kier molecular flexibility index (Phi) is 35.5. The zero-order chi connectivity index (χ0) is 47.1. The third kappa shape index (κ3) is 30.1. The van der Waals surface area contributed by atoms with Crippen molar-refractivity contribution < 1.29 is 38.5 Å². The number of azide groups is 2. The highest BCUT2D eigenvalue weighted by Gasteiger charge is 2.14. The zero-order valence-electron chi connectivity index (χ0n) is 36.8. The van der Waals surface area contributed by atoms with E-state index < -0.39 is 24.1 Å². The molecule has 0 radical (unpaired) electrons. The number of nitriles is 2. The van der Waals surface area contributed by atoms with E-state index in [4.69, 9.17) is 40.9 Å². The van der Waals surface area contributed by atoms with Gasteiger partial charge in [-0.25, -0.2) is 9.59 Å². The normalized spacial score (nSPS) is 10.7. The molecule has 0 spiro atoms. The summed E-state index contributed by atoms with van der Waals surface area (Å²) >= 11 is 2.89. The van der Waals surface area contributed by atoms with E-state index in [1.165, 1.54) is 0 Å². The van der Waals surface area contributed by atoms with Crippen LogP contribution in [0.15, 0.2) is 58.8 Å². The Morgan fingerprint density at radius 2 is 1.16 bits per heavy atom. The average Bonchev–Trinajstić information content (AvgIpc) is 3.25. The van der Waals surface area contributed by atoms with Gasteiger partial charge in [0.1, 0.15) is 19.3 Å². The number of rotatable bonds is 22. The summed E-state index contributed by atoms with van der Waals surface area (Å²) in [6, 6.07) is 18.7. The topological polar surface area (TPSA) is 289 Å². The number of halogens is 1. The van der Waals surface area contributed by atoms with Crippen LogP contribution in [0.4, 0.5) is 21.0 Å². The van der Waals surface area contributed by atoms with Gasteiger partial charge in [0, 0.05) is 46.4 Å². The zero-order valence-corrected chi connectivity index (χ0v) is 38.4. The number of amides is 2. The second-order valence-corrected chi connectivity index (χ2v) is 14.4. The van der Waals surface area contributed by atoms with Gasteiger partial charge in [0.05, 0.1) is 23.2 Å². The predicted molar refractivity (Wildman–Crippen MR) is 239 cm³/mol. The Hall–Kier alpha value is -6.04. The average molecular weight is 929 g/mol. The third-order valence-corrected chi connectivity index (χ3v) is 8.78. The van der Waals surface area contributed by atoms with E-state index in [0.717, 1.165) is 13.0 Å². The van der Waals surface area contributed by atoms with E-state index in [1.807, 2.05) is 6.07 Å². The van der Waals surface area contributed by atoms with Crippen LogP contribution in [0.25, 0.3) is 20.9 Å². The molecule has 0 aliphatic rings. The van der Waals surface area contributed by atoms with Gasteiger partial charge >= 0.3 is 24.1 Å². The number of hydrogen-bond acceptors (Lipinski definition) is 12. The van der Waals surface area contributed by atoms with Crippen LogP contribution in [0.2, 0.25) is 0 Å². The standard InChI is InChI=1S/C17H21N5O4.C15H20N4O4.C8H19N.C2H2BrN/c1-13(16(23)25-11-9-18)6-4-5-10-20-17(24)26-12-14-7-2-3-8-15(14)21-22-19;1-11(14(20)21)6-4-5-9-17-15(22)23-10-12-7-2-3-8-13(12)18-19-16;1-6-9(7(2)3)8(4)5;3-1-2-4/h2-3,7-8,13H,4-6,10-12H2,1H3,(H,20,24);2-3,7-8,11H,4-6,9-10H2,1H3,(H,17,22)(H,20,21);7-8H,6H2,1-5H3;1H2/t13-;11-;;/m00../s1. The first kappa shape index (κ1) is 58.1. The molecule has 3 N–H and O–H groups in total. The number of ether oxygens (including phenoxy) is 3. The molecule has 20 heteroatoms. The van der Waals surface area contributed by atoms with Crippen LogP contribution in [0, 0.1) is 34.5 Å². The number of carbonyl (C=O) groups excluding carboxylic acids is 3. The maximum atomic E-state index is 11.7. The van der Waals surface area contributed by atoms with Gasteiger partial charge in [-0.2, -0.15) is 10.5 Å². The molecule has 0 aliphatic carbocycles. The number of nitrogens with one attached hydrogen (secondary N) is 2. The first-order valence-electron chi connectivity index (χ1n) is 20.2. The van der Waals surface area contributed by atoms with E-state index in [9.17, 15) is 19.2 Å². The predicted octanol–water partition coefficient (Wildman–Crippen LogP) is 10.5. The fourth-order valence-electron chi connectivity index (χ4n) is 5.29. The molecule has 2 aromatic rings. The van der Waals surface area contributed by atoms with Crippen LogP contribution >= 0.6 is 15.9 Å². The summed E-state index contributed by atoms with van der Waals surface area (Å²) in [4.78, 5) is 53.3. The highest BCUT2D eigenvalue weighted by atomic mass is 79.9. The minimum Gasteiger partial charge on any atom is -0.481 e. The Bertz CT molecular complexity index is 1780. The van der Waals surface area contributed by atoms with Crippen LogP contribution in [-0.2, 0) is 37.0 Å². The molecular formula is C42H62BrN11O8. The van der Waals surface area contributed by atoms with Gasteiger partial charge in [0.25, 0.3) is 0 Å². The summed E-state index contributed by atoms with van der Waals surface area (Å²) in [5.41, 5.74) is 19.0. The summed E-state index contributed by atoms with van der Waals surface area (Å²) in [5, 5.41) is 37.4. The van der Waals surface area contributed by atoms with Crippen molar-refractivity contribution in [1.82, 2.24) is 15.5 Å². The monoisotopic (exact) mass is 927 g/mol. The Labute approximate surface area is 373 Å². The van der Waals surface area contributed by atoms with E-state index in [-0.39, 0.29) is 31.7 Å². The lowest BCUT2D eigenvalue weighted by atomic mass is 10.0. The van der Waals surface area contributed by atoms with E-state index in [1.54, 1.807) is 68.4 Å². The van der Waals surface area contributed by atoms with Crippen molar-refractivity contribution in [2.24, 2.45) is 22.1 Å². The summed E-state index contributed by atoms with van der Waals surface area (Å²) in [7, 11) is 0. The number of esters is 1. The molecule has 2 aromatic carbocycles. The number of unbranched alkanes of at least 4 members (excludes halogenated alkanes) is 2. The molecule has 0 bridgehead atoms. The summed E-state index contributed by atoms with van der Waals surface area (Å²) in [5.74, 6) is -1.86. The maximum absolute atomic E-state index is 11.7. The summed E-state index contributed by atoms with van der Waals surface area (Å²) < 4.78 is 14.9. The van der Waals surface area contributed by atoms with Crippen molar-refractivity contribution in [3.05, 3.63) is 80.5 Å². The molecule has 0 heterocycles. The number of carboxylic acids is 1. The van der Waals surface area contributed by atoms with Gasteiger partial charge in [0.15, 0.2) is 6.61 Å². The van der Waals surface area contributed by atoms with E-state index >= 15 is 0 Å². The molecule has 2 amide bonds. The highest BCUT2D eigenvalue weighted by Crippen LogP contribution is 2.20. The number of carboxylic acid groups (broad SMARTS) is 1. The lowest BCUT2D eigenvalue weighted by molar-refractivity contribution is -0.146. The number of nitrogens with zero attached hydrogens (tertiary/aromatic N) is 9. The first-order valence-corrected chi connectivity index (χ1v) is 21.3. The molecule has 0 saturated heterocycles. The minimum atomic E-state index is -0.809. The molecule has 62 heavy (non-hydrogen) atoms. The van der Waals surface area contributed by atoms with Crippen LogP contribution < -0.4 is 10.6 Å². The number of benzene rings is 2. The summed E-state index contributed by atoms with van der Waals surface area (Å²) in [6.07, 6.45) is 2.86. The molecule has 0 unspecified atom stereocenters. The van der Waals surface area contributed by atoms with Gasteiger partial charge in [-0.05, 0) is 82.1 Å². The number of alkyl halides is 1. The van der Waals surface area contributed by atoms with Crippen molar-refractivity contribution in [3.8, 4) is 12.1 Å². The Morgan fingerprint density at radius 1 is 0.742 bits per heavy atom. The molecule has 2 atom stereocenters. The van der Waals surface area contributed by atoms with Crippen LogP contribution in [0.5, 0.6) is 0 Å². The van der Waals surface area contributed by atoms with Crippen LogP contribution in [0.3, 0.4) is 0 Å². The fourth-order valence-corrected chi connectivity index (χ4v) is 5.29. The van der Waals surface area contributed by atoms with Crippen molar-refractivity contribution in [2.45, 2.75) is 112 Å². The molecule has 19 nitrogen and oxygen atoms in total. The van der Waals surface area contributed by atoms with Gasteiger partial charge < -0.3 is 30.0 Å². The smallest absolute Gasteiger partial charge is 0.407 e. The lowest BCUT2D eigenvalue weighted by Crippen LogP contribution is -2.36. The molecule has 0 aromatic heterocycles. The van der Waals surface area contributed by atoms with Crippen molar-refractivity contribution in [2.75, 3.05) is 31.6 Å². The SMILES string of the molecule is CCN(C(C)C)C(C)C.C[C@@H](CCCCNC(=O)OCc1ccccc1N=[N+]=[N-])C(=O)O.C[C@@H](CCCCNC(=O)OCc1ccccc1N=[N+]=[N-])C(=O)OCC#N.N#CCBr. The van der Waals surface area contributed by atoms with Crippen molar-refractivity contribution in [3.63, 3.8) is 0 Å². The van der Waals surface area contributed by atoms with Crippen molar-refractivity contribution >= 4 is 51.4 Å². The first-order chi connectivity index (χ1) is 29.6. The molecule has 0 fully saturated rings. The Balaban J connectivity index is 0. The highest BCUT2D eigenvalue weighted by molar-refractivity contribution is 9.09. The molecule has 0 saturated carbocycles. The van der Waals surface area contributed by atoms with Gasteiger partial charge in [-0.1, -0.05) is 108 Å². The largest absolute Gasteiger partial charge is 0.481 e. The van der Waals surface area contributed by atoms with E-state index in [2.05, 4.69) is 86.1 Å². The molecule has 2 rings (SSSR count). The Morgan fingerprint density at radius 3 is 1.50 bits per heavy atom. The fraction of sp³-hybridized carbons (Fsp3) is 0.571. The van der Waals surface area contributed by atoms with Gasteiger partial charge in [-0.15, -0.1) is 0 Å². The number of hydrogen-bond donors (Lipinski definition) is 3. The van der Waals surface area contributed by atoms with Gasteiger partial charge in [0.2, 0.25) is 0 Å². The van der Waals surface area contributed by atoms with Gasteiger partial charge in [-0.3, -0.25) is 14.5 Å². The maximum Gasteiger partial charge on any atom is 0.407 e. The number of aliphatic carboxylic acids is 1. The minimum absolute atomic E-state index is 0.00277. The molecule has 340 valence electrons. The molecule has 0 aliphatic heterocycles. The second kappa shape index (κ2) is 37.9. The summed E-state index contributed by atoms with van der Waals surface area (Å²) in [6.45, 7) is 16.3. The number of carbonyl (C=O) groups is 4. The number of alkyl carbamates (subject to hydrolysis) is 2. The lowest BCUT2D eigenvalue weighted by Gasteiger charge is -2.28. The van der Waals surface area contributed by atoms with Crippen LogP contribution in [0.1, 0.15) is 98.1 Å². The van der Waals surface area contributed by atoms with Crippen molar-refractivity contribution in [1.29, 1.82) is 10.5 Å². The van der Waals surface area contributed by atoms with Crippen LogP contribution in [-0.4, -0.2) is 77.8 Å². The van der Waals surface area contributed by atoms with E-state index in [0.29, 0.717) is 85.1 Å².